The van der Waals surface area contributed by atoms with Crippen LogP contribution in [0.2, 0.25) is 0 Å². The van der Waals surface area contributed by atoms with Crippen LogP contribution in [0, 0.1) is 0 Å². The molecule has 0 spiro atoms. The quantitative estimate of drug-likeness (QED) is 0.217. The molecule has 1 atom stereocenters. The van der Waals surface area contributed by atoms with Crippen LogP contribution in [0.3, 0.4) is 0 Å². The van der Waals surface area contributed by atoms with Crippen molar-refractivity contribution < 1.29 is 28.9 Å². The Bertz CT molecular complexity index is 212. The van der Waals surface area contributed by atoms with Crippen LogP contribution in [0.4, 0.5) is 0 Å². The maximum Gasteiger partial charge on any atom is 0.358 e. The topological polar surface area (TPSA) is 93.1 Å². The van der Waals surface area contributed by atoms with Crippen LogP contribution in [0.25, 0.3) is 0 Å². The zero-order valence-electron chi connectivity index (χ0n) is 6.17. The number of esters is 1. The molecule has 0 bridgehead atoms. The third-order valence-corrected chi connectivity index (χ3v) is 1.92. The van der Waals surface area contributed by atoms with E-state index in [1.807, 2.05) is 0 Å². The lowest BCUT2D eigenvalue weighted by Crippen LogP contribution is -2.06. The second kappa shape index (κ2) is 5.05. The summed E-state index contributed by atoms with van der Waals surface area (Å²) in [5, 5.41) is 7.84. The molecular formula is C5H9O6P. The molecule has 0 aromatic carbocycles. The van der Waals surface area contributed by atoms with Gasteiger partial charge < -0.3 is 9.63 Å². The number of ether oxygens (including phenoxy) is 1. The normalized spacial score (nSPS) is 14.8. The van der Waals surface area contributed by atoms with E-state index in [0.29, 0.717) is 0 Å². The number of hydrogen-bond acceptors (Lipinski definition) is 5. The van der Waals surface area contributed by atoms with E-state index in [9.17, 15) is 9.36 Å². The smallest absolute Gasteiger partial charge is 0.358 e. The van der Waals surface area contributed by atoms with Crippen LogP contribution in [-0.4, -0.2) is 28.9 Å². The number of carbonyl (C=O) groups is 1. The third-order valence-electron chi connectivity index (χ3n) is 0.912. The van der Waals surface area contributed by atoms with E-state index in [-0.39, 0.29) is 6.61 Å². The molecule has 0 aromatic rings. The molecule has 0 saturated heterocycles. The van der Waals surface area contributed by atoms with E-state index in [2.05, 4.69) is 16.0 Å². The summed E-state index contributed by atoms with van der Waals surface area (Å²) in [4.78, 5) is 18.9. The van der Waals surface area contributed by atoms with Gasteiger partial charge in [0.2, 0.25) is 0 Å². The highest BCUT2D eigenvalue weighted by molar-refractivity contribution is 7.52. The van der Waals surface area contributed by atoms with Gasteiger partial charge in [-0.3, -0.25) is 4.57 Å². The van der Waals surface area contributed by atoms with Gasteiger partial charge in [-0.25, -0.2) is 10.1 Å². The molecule has 0 rings (SSSR count). The van der Waals surface area contributed by atoms with Gasteiger partial charge in [0, 0.05) is 6.08 Å². The summed E-state index contributed by atoms with van der Waals surface area (Å²) >= 11 is 0. The van der Waals surface area contributed by atoms with Crippen molar-refractivity contribution in [1.29, 1.82) is 0 Å². The SMILES string of the molecule is C=CC(=O)OCCP(=O)(O)OO. The molecule has 1 unspecified atom stereocenters. The molecule has 0 fully saturated rings. The minimum atomic E-state index is -4.00. The van der Waals surface area contributed by atoms with Crippen molar-refractivity contribution in [2.24, 2.45) is 0 Å². The molecule has 6 nitrogen and oxygen atoms in total. The van der Waals surface area contributed by atoms with Crippen molar-refractivity contribution in [2.75, 3.05) is 12.8 Å². The molecule has 0 aliphatic heterocycles. The molecule has 70 valence electrons. The number of rotatable bonds is 5. The molecule has 0 radical (unpaired) electrons. The molecule has 0 aromatic heterocycles. The zero-order valence-corrected chi connectivity index (χ0v) is 7.07. The van der Waals surface area contributed by atoms with E-state index in [4.69, 9.17) is 10.2 Å². The first-order chi connectivity index (χ1) is 5.52. The lowest BCUT2D eigenvalue weighted by atomic mass is 10.6. The van der Waals surface area contributed by atoms with Gasteiger partial charge in [0.15, 0.2) is 0 Å². The molecule has 7 heteroatoms. The Balaban J connectivity index is 3.63. The van der Waals surface area contributed by atoms with Crippen molar-refractivity contribution in [2.45, 2.75) is 0 Å². The summed E-state index contributed by atoms with van der Waals surface area (Å²) in [6.07, 6.45) is 0.463. The fraction of sp³-hybridized carbons (Fsp3) is 0.400. The minimum absolute atomic E-state index is 0.306. The fourth-order valence-corrected chi connectivity index (χ4v) is 0.765. The molecule has 2 N–H and O–H groups in total. The van der Waals surface area contributed by atoms with Crippen LogP contribution in [0.15, 0.2) is 12.7 Å². The molecule has 0 aliphatic carbocycles. The van der Waals surface area contributed by atoms with Crippen molar-refractivity contribution in [3.8, 4) is 0 Å². The first kappa shape index (κ1) is 11.3. The van der Waals surface area contributed by atoms with E-state index in [1.165, 1.54) is 0 Å². The van der Waals surface area contributed by atoms with Crippen LogP contribution in [0.5, 0.6) is 0 Å². The van der Waals surface area contributed by atoms with Gasteiger partial charge in [-0.05, 0) is 0 Å². The van der Waals surface area contributed by atoms with Gasteiger partial charge in [0.25, 0.3) is 0 Å². The summed E-state index contributed by atoms with van der Waals surface area (Å²) in [7, 11) is -4.00. The summed E-state index contributed by atoms with van der Waals surface area (Å²) in [5.41, 5.74) is 0. The predicted octanol–water partition coefficient (Wildman–Crippen LogP) is 0.391. The molecule has 0 amide bonds. The van der Waals surface area contributed by atoms with E-state index >= 15 is 0 Å². The number of carbonyl (C=O) groups excluding carboxylic acids is 1. The largest absolute Gasteiger partial charge is 0.462 e. The molecule has 12 heavy (non-hydrogen) atoms. The van der Waals surface area contributed by atoms with Crippen molar-refractivity contribution in [3.05, 3.63) is 12.7 Å². The fourth-order valence-electron chi connectivity index (χ4n) is 0.361. The van der Waals surface area contributed by atoms with Crippen LogP contribution >= 0.6 is 7.60 Å². The highest BCUT2D eigenvalue weighted by Gasteiger charge is 2.19. The van der Waals surface area contributed by atoms with E-state index < -0.39 is 19.7 Å². The summed E-state index contributed by atoms with van der Waals surface area (Å²) in [6, 6.07) is 0. The maximum absolute atomic E-state index is 10.5. The summed E-state index contributed by atoms with van der Waals surface area (Å²) in [5.74, 6) is -0.701. The molecular weight excluding hydrogens is 187 g/mol. The van der Waals surface area contributed by atoms with Gasteiger partial charge in [-0.1, -0.05) is 6.58 Å². The van der Waals surface area contributed by atoms with Crippen LogP contribution in [-0.2, 0) is 18.8 Å². The molecule has 0 heterocycles. The summed E-state index contributed by atoms with van der Waals surface area (Å²) in [6.45, 7) is 2.80. The Kier molecular flexibility index (Phi) is 4.77. The van der Waals surface area contributed by atoms with Crippen molar-refractivity contribution in [1.82, 2.24) is 0 Å². The number of hydrogen-bond donors (Lipinski definition) is 2. The Morgan fingerprint density at radius 3 is 2.67 bits per heavy atom. The molecule has 0 aliphatic rings. The van der Waals surface area contributed by atoms with Gasteiger partial charge in [-0.15, -0.1) is 0 Å². The molecule has 0 saturated carbocycles. The minimum Gasteiger partial charge on any atom is -0.462 e. The Hall–Kier alpha value is -0.680. The second-order valence-electron chi connectivity index (χ2n) is 1.81. The Labute approximate surface area is 68.9 Å². The highest BCUT2D eigenvalue weighted by atomic mass is 31.2. The van der Waals surface area contributed by atoms with E-state index in [1.54, 1.807) is 0 Å². The van der Waals surface area contributed by atoms with Gasteiger partial charge in [0.1, 0.15) is 6.61 Å². The monoisotopic (exact) mass is 196 g/mol. The second-order valence-corrected chi connectivity index (χ2v) is 3.70. The third kappa shape index (κ3) is 5.03. The average molecular weight is 196 g/mol. The van der Waals surface area contributed by atoms with Crippen molar-refractivity contribution in [3.63, 3.8) is 0 Å². The highest BCUT2D eigenvalue weighted by Crippen LogP contribution is 2.39. The Morgan fingerprint density at radius 1 is 1.67 bits per heavy atom. The Morgan fingerprint density at radius 2 is 2.25 bits per heavy atom. The lowest BCUT2D eigenvalue weighted by Gasteiger charge is -2.05. The first-order valence-corrected chi connectivity index (χ1v) is 4.72. The lowest BCUT2D eigenvalue weighted by molar-refractivity contribution is -0.147. The zero-order chi connectivity index (χ0) is 9.61. The standard InChI is InChI=1S/C5H9O6P/c1-2-5(6)10-3-4-12(8,9)11-7/h2,7H,1,3-4H2,(H,8,9). The summed E-state index contributed by atoms with van der Waals surface area (Å²) < 4.78 is 18.1. The predicted molar refractivity (Wildman–Crippen MR) is 39.6 cm³/mol. The first-order valence-electron chi connectivity index (χ1n) is 2.96. The van der Waals surface area contributed by atoms with Gasteiger partial charge in [0.05, 0.1) is 6.16 Å². The van der Waals surface area contributed by atoms with E-state index in [0.717, 1.165) is 6.08 Å². The van der Waals surface area contributed by atoms with Gasteiger partial charge in [-0.2, -0.15) is 4.67 Å². The maximum atomic E-state index is 10.5. The van der Waals surface area contributed by atoms with Crippen LogP contribution in [0.1, 0.15) is 0 Å². The van der Waals surface area contributed by atoms with Crippen molar-refractivity contribution >= 4 is 13.6 Å². The van der Waals surface area contributed by atoms with Crippen LogP contribution < -0.4 is 0 Å². The van der Waals surface area contributed by atoms with Gasteiger partial charge >= 0.3 is 13.6 Å². The average Bonchev–Trinajstić information content (AvgIpc) is 2.04.